The van der Waals surface area contributed by atoms with Crippen molar-refractivity contribution in [2.24, 2.45) is 5.92 Å². The Bertz CT molecular complexity index is 320. The first-order valence-corrected chi connectivity index (χ1v) is 7.71. The number of Topliss-reactive ketones (excluding diaryl/α,β-unsaturated/α-hetero) is 1. The van der Waals surface area contributed by atoms with Gasteiger partial charge in [0.25, 0.3) is 0 Å². The molecule has 2 heterocycles. The predicted octanol–water partition coefficient (Wildman–Crippen LogP) is 1.69. The average Bonchev–Trinajstić information content (AvgIpc) is 2.64. The summed E-state index contributed by atoms with van der Waals surface area (Å²) >= 11 is 0. The highest BCUT2D eigenvalue weighted by Gasteiger charge is 2.23. The smallest absolute Gasteiger partial charge is 0.236 e. The van der Waals surface area contributed by atoms with E-state index in [1.165, 1.54) is 25.7 Å². The van der Waals surface area contributed by atoms with Crippen LogP contribution >= 0.6 is 0 Å². The Morgan fingerprint density at radius 3 is 2.58 bits per heavy atom. The largest absolute Gasteiger partial charge is 0.341 e. The molecule has 0 aromatic rings. The molecule has 19 heavy (non-hydrogen) atoms. The number of carbonyl (C=O) groups is 2. The molecule has 0 aromatic heterocycles. The van der Waals surface area contributed by atoms with Gasteiger partial charge in [-0.05, 0) is 38.3 Å². The summed E-state index contributed by atoms with van der Waals surface area (Å²) < 4.78 is 0. The van der Waals surface area contributed by atoms with Crippen molar-refractivity contribution in [3.8, 4) is 0 Å². The first kappa shape index (κ1) is 14.5. The van der Waals surface area contributed by atoms with Crippen LogP contribution < -0.4 is 0 Å². The fourth-order valence-corrected chi connectivity index (χ4v) is 3.09. The highest BCUT2D eigenvalue weighted by atomic mass is 16.2. The zero-order chi connectivity index (χ0) is 13.7. The van der Waals surface area contributed by atoms with Gasteiger partial charge in [0.1, 0.15) is 5.78 Å². The Morgan fingerprint density at radius 2 is 1.89 bits per heavy atom. The van der Waals surface area contributed by atoms with Crippen molar-refractivity contribution >= 4 is 11.7 Å². The predicted molar refractivity (Wildman–Crippen MR) is 74.9 cm³/mol. The third-order valence-corrected chi connectivity index (χ3v) is 4.55. The molecule has 2 saturated heterocycles. The average molecular weight is 266 g/mol. The van der Waals surface area contributed by atoms with E-state index in [1.54, 1.807) is 0 Å². The van der Waals surface area contributed by atoms with Crippen molar-refractivity contribution in [1.82, 2.24) is 9.80 Å². The second kappa shape index (κ2) is 7.04. The highest BCUT2D eigenvalue weighted by Crippen LogP contribution is 2.20. The number of ketones is 1. The summed E-state index contributed by atoms with van der Waals surface area (Å²) in [4.78, 5) is 27.6. The molecule has 0 N–H and O–H groups in total. The molecule has 0 aromatic carbocycles. The van der Waals surface area contributed by atoms with Crippen molar-refractivity contribution < 1.29 is 9.59 Å². The molecule has 0 radical (unpaired) electrons. The van der Waals surface area contributed by atoms with E-state index in [0.717, 1.165) is 19.0 Å². The van der Waals surface area contributed by atoms with Gasteiger partial charge < -0.3 is 4.90 Å². The number of hydrogen-bond acceptors (Lipinski definition) is 3. The molecule has 2 aliphatic heterocycles. The summed E-state index contributed by atoms with van der Waals surface area (Å²) in [5, 5.41) is 0. The molecule has 2 rings (SSSR count). The van der Waals surface area contributed by atoms with Crippen LogP contribution in [0, 0.1) is 5.92 Å². The zero-order valence-corrected chi connectivity index (χ0v) is 12.1. The SMILES string of the molecule is CCC1CCCN(CC(=O)N2CCC(=O)CC2)CC1. The fraction of sp³-hybridized carbons (Fsp3) is 0.867. The van der Waals surface area contributed by atoms with Gasteiger partial charge in [0.2, 0.25) is 5.91 Å². The van der Waals surface area contributed by atoms with Crippen molar-refractivity contribution in [3.63, 3.8) is 0 Å². The van der Waals surface area contributed by atoms with E-state index in [4.69, 9.17) is 0 Å². The van der Waals surface area contributed by atoms with Crippen LogP contribution in [0.15, 0.2) is 0 Å². The van der Waals surface area contributed by atoms with Crippen molar-refractivity contribution in [2.75, 3.05) is 32.7 Å². The summed E-state index contributed by atoms with van der Waals surface area (Å²) in [6, 6.07) is 0. The van der Waals surface area contributed by atoms with Gasteiger partial charge in [-0.2, -0.15) is 0 Å². The molecular formula is C15H26N2O2. The van der Waals surface area contributed by atoms with E-state index in [-0.39, 0.29) is 5.91 Å². The molecule has 0 saturated carbocycles. The van der Waals surface area contributed by atoms with Crippen LogP contribution in [0.4, 0.5) is 0 Å². The number of rotatable bonds is 3. The Hall–Kier alpha value is -0.900. The Labute approximate surface area is 116 Å². The number of hydrogen-bond donors (Lipinski definition) is 0. The fourth-order valence-electron chi connectivity index (χ4n) is 3.09. The summed E-state index contributed by atoms with van der Waals surface area (Å²) in [5.74, 6) is 1.35. The van der Waals surface area contributed by atoms with E-state index in [0.29, 0.717) is 38.3 Å². The van der Waals surface area contributed by atoms with Crippen LogP contribution in [0.2, 0.25) is 0 Å². The lowest BCUT2D eigenvalue weighted by molar-refractivity contribution is -0.135. The monoisotopic (exact) mass is 266 g/mol. The van der Waals surface area contributed by atoms with Gasteiger partial charge in [0.05, 0.1) is 6.54 Å². The van der Waals surface area contributed by atoms with E-state index in [2.05, 4.69) is 11.8 Å². The van der Waals surface area contributed by atoms with Crippen LogP contribution in [0.1, 0.15) is 45.4 Å². The molecule has 4 nitrogen and oxygen atoms in total. The maximum atomic E-state index is 12.2. The first-order valence-electron chi connectivity index (χ1n) is 7.71. The maximum absolute atomic E-state index is 12.2. The normalized spacial score (nSPS) is 26.3. The first-order chi connectivity index (χ1) is 9.19. The van der Waals surface area contributed by atoms with Crippen LogP contribution in [-0.4, -0.2) is 54.2 Å². The standard InChI is InChI=1S/C15H26N2O2/c1-2-13-4-3-8-16(9-5-13)12-15(19)17-10-6-14(18)7-11-17/h13H,2-12H2,1H3. The molecular weight excluding hydrogens is 240 g/mol. The Balaban J connectivity index is 1.77. The molecule has 1 atom stereocenters. The van der Waals surface area contributed by atoms with Gasteiger partial charge in [-0.3, -0.25) is 14.5 Å². The van der Waals surface area contributed by atoms with Gasteiger partial charge >= 0.3 is 0 Å². The molecule has 0 bridgehead atoms. The van der Waals surface area contributed by atoms with Crippen molar-refractivity contribution in [3.05, 3.63) is 0 Å². The number of likely N-dealkylation sites (tertiary alicyclic amines) is 2. The lowest BCUT2D eigenvalue weighted by Crippen LogP contribution is -2.44. The van der Waals surface area contributed by atoms with Crippen LogP contribution in [0.25, 0.3) is 0 Å². The van der Waals surface area contributed by atoms with Crippen LogP contribution in [-0.2, 0) is 9.59 Å². The lowest BCUT2D eigenvalue weighted by atomic mass is 9.98. The minimum atomic E-state index is 0.211. The molecule has 0 aliphatic carbocycles. The van der Waals surface area contributed by atoms with E-state index in [1.807, 2.05) is 4.90 Å². The highest BCUT2D eigenvalue weighted by molar-refractivity contribution is 5.84. The van der Waals surface area contributed by atoms with Crippen molar-refractivity contribution in [1.29, 1.82) is 0 Å². The molecule has 2 fully saturated rings. The minimum Gasteiger partial charge on any atom is -0.341 e. The quantitative estimate of drug-likeness (QED) is 0.780. The van der Waals surface area contributed by atoms with Gasteiger partial charge in [-0.15, -0.1) is 0 Å². The number of carbonyl (C=O) groups excluding carboxylic acids is 2. The van der Waals surface area contributed by atoms with Crippen molar-refractivity contribution in [2.45, 2.75) is 45.4 Å². The molecule has 108 valence electrons. The zero-order valence-electron chi connectivity index (χ0n) is 12.1. The number of amides is 1. The second-order valence-electron chi connectivity index (χ2n) is 5.90. The minimum absolute atomic E-state index is 0.211. The van der Waals surface area contributed by atoms with E-state index < -0.39 is 0 Å². The summed E-state index contributed by atoms with van der Waals surface area (Å²) in [5.41, 5.74) is 0. The van der Waals surface area contributed by atoms with E-state index >= 15 is 0 Å². The summed E-state index contributed by atoms with van der Waals surface area (Å²) in [6.07, 6.45) is 6.09. The van der Waals surface area contributed by atoms with Gasteiger partial charge in [-0.1, -0.05) is 13.3 Å². The summed E-state index contributed by atoms with van der Waals surface area (Å²) in [6.45, 7) is 6.17. The third-order valence-electron chi connectivity index (χ3n) is 4.55. The maximum Gasteiger partial charge on any atom is 0.236 e. The Morgan fingerprint density at radius 1 is 1.16 bits per heavy atom. The number of piperidine rings is 1. The van der Waals surface area contributed by atoms with Gasteiger partial charge in [-0.25, -0.2) is 0 Å². The molecule has 1 amide bonds. The van der Waals surface area contributed by atoms with E-state index in [9.17, 15) is 9.59 Å². The lowest BCUT2D eigenvalue weighted by Gasteiger charge is -2.29. The third kappa shape index (κ3) is 4.30. The Kier molecular flexibility index (Phi) is 5.37. The number of nitrogens with zero attached hydrogens (tertiary/aromatic N) is 2. The topological polar surface area (TPSA) is 40.6 Å². The molecule has 4 heteroatoms. The second-order valence-corrected chi connectivity index (χ2v) is 5.90. The van der Waals surface area contributed by atoms with Crippen LogP contribution in [0.5, 0.6) is 0 Å². The van der Waals surface area contributed by atoms with Crippen LogP contribution in [0.3, 0.4) is 0 Å². The molecule has 0 spiro atoms. The van der Waals surface area contributed by atoms with Gasteiger partial charge in [0.15, 0.2) is 0 Å². The molecule has 1 unspecified atom stereocenters. The van der Waals surface area contributed by atoms with Gasteiger partial charge in [0, 0.05) is 25.9 Å². The molecule has 2 aliphatic rings. The summed E-state index contributed by atoms with van der Waals surface area (Å²) in [7, 11) is 0.